The zero-order chi connectivity index (χ0) is 25.7. The molecular formula is C29H35N3O3S. The Hall–Kier alpha value is -3.32. The molecule has 0 radical (unpaired) electrons. The fourth-order valence-electron chi connectivity index (χ4n) is 4.76. The van der Waals surface area contributed by atoms with E-state index in [2.05, 4.69) is 29.3 Å². The number of nitrogens with zero attached hydrogens (tertiary/aromatic N) is 2. The molecule has 3 aromatic rings. The van der Waals surface area contributed by atoms with Crippen molar-refractivity contribution in [1.82, 2.24) is 5.32 Å². The van der Waals surface area contributed by atoms with Crippen molar-refractivity contribution < 1.29 is 13.2 Å². The standard InChI is InChI=1S/C29H35N3O3S/c1-22-10-9-19-31(20-22)26-17-15-25(16-18-26)24(3)30-29(33)21-32(28-14-8-7-11-23(28)2)36(34,35)27-12-5-4-6-13-27/h4-8,11-18,22,24H,9-10,19-21H2,1-3H3,(H,30,33). The van der Waals surface area contributed by atoms with Crippen LogP contribution < -0.4 is 14.5 Å². The number of para-hydroxylation sites is 1. The lowest BCUT2D eigenvalue weighted by Crippen LogP contribution is -2.41. The van der Waals surface area contributed by atoms with Crippen molar-refractivity contribution in [3.8, 4) is 0 Å². The van der Waals surface area contributed by atoms with Crippen LogP contribution in [0.4, 0.5) is 11.4 Å². The largest absolute Gasteiger partial charge is 0.371 e. The highest BCUT2D eigenvalue weighted by atomic mass is 32.2. The number of carbonyl (C=O) groups is 1. The number of carbonyl (C=O) groups excluding carboxylic acids is 1. The average Bonchev–Trinajstić information content (AvgIpc) is 2.88. The Balaban J connectivity index is 1.50. The molecule has 0 aliphatic carbocycles. The van der Waals surface area contributed by atoms with E-state index in [1.807, 2.05) is 38.1 Å². The molecule has 36 heavy (non-hydrogen) atoms. The van der Waals surface area contributed by atoms with Crippen LogP contribution in [0, 0.1) is 12.8 Å². The summed E-state index contributed by atoms with van der Waals surface area (Å²) in [5, 5.41) is 2.99. The van der Waals surface area contributed by atoms with Gasteiger partial charge in [0.1, 0.15) is 6.54 Å². The number of piperidine rings is 1. The third-order valence-electron chi connectivity index (χ3n) is 6.80. The second-order valence-electron chi connectivity index (χ2n) is 9.69. The van der Waals surface area contributed by atoms with Gasteiger partial charge in [-0.25, -0.2) is 8.42 Å². The first-order valence-corrected chi connectivity index (χ1v) is 14.0. The number of anilines is 2. The minimum absolute atomic E-state index is 0.150. The summed E-state index contributed by atoms with van der Waals surface area (Å²) in [6.45, 7) is 7.87. The van der Waals surface area contributed by atoms with E-state index in [0.717, 1.165) is 24.2 Å². The molecule has 1 amide bonds. The Labute approximate surface area is 215 Å². The van der Waals surface area contributed by atoms with Crippen LogP contribution in [0.25, 0.3) is 0 Å². The topological polar surface area (TPSA) is 69.7 Å². The molecule has 1 N–H and O–H groups in total. The summed E-state index contributed by atoms with van der Waals surface area (Å²) in [5.41, 5.74) is 3.44. The second-order valence-corrected chi connectivity index (χ2v) is 11.5. The Morgan fingerprint density at radius 1 is 1.03 bits per heavy atom. The molecule has 0 bridgehead atoms. The third kappa shape index (κ3) is 5.90. The minimum Gasteiger partial charge on any atom is -0.371 e. The molecule has 1 saturated heterocycles. The normalized spacial score (nSPS) is 16.9. The molecule has 3 aromatic carbocycles. The van der Waals surface area contributed by atoms with Crippen LogP contribution in [-0.2, 0) is 14.8 Å². The van der Waals surface area contributed by atoms with Crippen LogP contribution in [0.3, 0.4) is 0 Å². The lowest BCUT2D eigenvalue weighted by Gasteiger charge is -2.33. The van der Waals surface area contributed by atoms with Gasteiger partial charge in [-0.15, -0.1) is 0 Å². The van der Waals surface area contributed by atoms with Gasteiger partial charge in [-0.1, -0.05) is 55.5 Å². The van der Waals surface area contributed by atoms with Crippen molar-refractivity contribution in [3.63, 3.8) is 0 Å². The van der Waals surface area contributed by atoms with Gasteiger partial charge in [-0.3, -0.25) is 9.10 Å². The van der Waals surface area contributed by atoms with E-state index >= 15 is 0 Å². The van der Waals surface area contributed by atoms with Crippen molar-refractivity contribution in [1.29, 1.82) is 0 Å². The van der Waals surface area contributed by atoms with E-state index in [0.29, 0.717) is 11.6 Å². The molecule has 1 heterocycles. The summed E-state index contributed by atoms with van der Waals surface area (Å²) in [6.07, 6.45) is 2.48. The smallest absolute Gasteiger partial charge is 0.264 e. The summed E-state index contributed by atoms with van der Waals surface area (Å²) >= 11 is 0. The number of hydrogen-bond acceptors (Lipinski definition) is 4. The van der Waals surface area contributed by atoms with E-state index in [4.69, 9.17) is 0 Å². The molecule has 2 atom stereocenters. The van der Waals surface area contributed by atoms with Gasteiger partial charge in [0.15, 0.2) is 0 Å². The molecule has 0 aromatic heterocycles. The van der Waals surface area contributed by atoms with Gasteiger partial charge in [0.05, 0.1) is 16.6 Å². The quantitative estimate of drug-likeness (QED) is 0.451. The highest BCUT2D eigenvalue weighted by Crippen LogP contribution is 2.27. The van der Waals surface area contributed by atoms with E-state index < -0.39 is 10.0 Å². The first-order valence-electron chi connectivity index (χ1n) is 12.5. The predicted octanol–water partition coefficient (Wildman–Crippen LogP) is 5.30. The number of hydrogen-bond donors (Lipinski definition) is 1. The third-order valence-corrected chi connectivity index (χ3v) is 8.57. The van der Waals surface area contributed by atoms with Gasteiger partial charge in [0, 0.05) is 18.8 Å². The van der Waals surface area contributed by atoms with Gasteiger partial charge in [0.25, 0.3) is 10.0 Å². The first kappa shape index (κ1) is 25.8. The van der Waals surface area contributed by atoms with Crippen molar-refractivity contribution in [2.75, 3.05) is 28.8 Å². The second kappa shape index (κ2) is 11.2. The molecule has 0 saturated carbocycles. The summed E-state index contributed by atoms with van der Waals surface area (Å²) in [7, 11) is -3.93. The number of sulfonamides is 1. The van der Waals surface area contributed by atoms with Crippen molar-refractivity contribution in [3.05, 3.63) is 90.0 Å². The summed E-state index contributed by atoms with van der Waals surface area (Å²) in [6, 6.07) is 23.5. The maximum Gasteiger partial charge on any atom is 0.264 e. The van der Waals surface area contributed by atoms with Crippen LogP contribution in [0.5, 0.6) is 0 Å². The van der Waals surface area contributed by atoms with Gasteiger partial charge >= 0.3 is 0 Å². The van der Waals surface area contributed by atoms with Crippen molar-refractivity contribution >= 4 is 27.3 Å². The number of amides is 1. The van der Waals surface area contributed by atoms with Crippen LogP contribution in [0.1, 0.15) is 43.9 Å². The Morgan fingerprint density at radius 3 is 2.36 bits per heavy atom. The SMILES string of the molecule is Cc1ccccc1N(CC(=O)NC(C)c1ccc(N2CCCC(C)C2)cc1)S(=O)(=O)c1ccccc1. The van der Waals surface area contributed by atoms with Crippen molar-refractivity contribution in [2.45, 2.75) is 44.6 Å². The van der Waals surface area contributed by atoms with Gasteiger partial charge in [-0.2, -0.15) is 0 Å². The van der Waals surface area contributed by atoms with Crippen LogP contribution in [-0.4, -0.2) is 34.0 Å². The molecule has 6 nitrogen and oxygen atoms in total. The molecular weight excluding hydrogens is 470 g/mol. The van der Waals surface area contributed by atoms with Crippen LogP contribution in [0.2, 0.25) is 0 Å². The molecule has 2 unspecified atom stereocenters. The molecule has 1 fully saturated rings. The lowest BCUT2D eigenvalue weighted by atomic mass is 9.99. The number of nitrogens with one attached hydrogen (secondary N) is 1. The minimum atomic E-state index is -3.93. The van der Waals surface area contributed by atoms with E-state index in [9.17, 15) is 13.2 Å². The van der Waals surface area contributed by atoms with Crippen molar-refractivity contribution in [2.24, 2.45) is 5.92 Å². The number of benzene rings is 3. The van der Waals surface area contributed by atoms with Gasteiger partial charge < -0.3 is 10.2 Å². The number of rotatable bonds is 8. The summed E-state index contributed by atoms with van der Waals surface area (Å²) in [4.78, 5) is 15.7. The highest BCUT2D eigenvalue weighted by Gasteiger charge is 2.28. The fraction of sp³-hybridized carbons (Fsp3) is 0.345. The monoisotopic (exact) mass is 505 g/mol. The summed E-state index contributed by atoms with van der Waals surface area (Å²) in [5.74, 6) is 0.333. The molecule has 7 heteroatoms. The predicted molar refractivity (Wildman–Crippen MR) is 146 cm³/mol. The fourth-order valence-corrected chi connectivity index (χ4v) is 6.27. The summed E-state index contributed by atoms with van der Waals surface area (Å²) < 4.78 is 28.3. The van der Waals surface area contributed by atoms with E-state index in [-0.39, 0.29) is 23.4 Å². The van der Waals surface area contributed by atoms with Crippen LogP contribution >= 0.6 is 0 Å². The number of aryl methyl sites for hydroxylation is 1. The van der Waals surface area contributed by atoms with Gasteiger partial charge in [0.2, 0.25) is 5.91 Å². The average molecular weight is 506 g/mol. The molecule has 0 spiro atoms. The maximum atomic E-state index is 13.5. The molecule has 190 valence electrons. The zero-order valence-electron chi connectivity index (χ0n) is 21.2. The van der Waals surface area contributed by atoms with Crippen LogP contribution in [0.15, 0.2) is 83.8 Å². The molecule has 1 aliphatic rings. The highest BCUT2D eigenvalue weighted by molar-refractivity contribution is 7.92. The lowest BCUT2D eigenvalue weighted by molar-refractivity contribution is -0.120. The van der Waals surface area contributed by atoms with E-state index in [1.54, 1.807) is 42.5 Å². The Kier molecular flexibility index (Phi) is 7.99. The molecule has 4 rings (SSSR count). The van der Waals surface area contributed by atoms with Gasteiger partial charge in [-0.05, 0) is 74.1 Å². The maximum absolute atomic E-state index is 13.5. The Morgan fingerprint density at radius 2 is 1.69 bits per heavy atom. The molecule has 1 aliphatic heterocycles. The van der Waals surface area contributed by atoms with E-state index in [1.165, 1.54) is 22.8 Å². The first-order chi connectivity index (χ1) is 17.3. The zero-order valence-corrected chi connectivity index (χ0v) is 22.0. The Bertz CT molecular complexity index is 1280.